The minimum Gasteiger partial charge on any atom is -0.352 e. The molecule has 0 atom stereocenters. The van der Waals surface area contributed by atoms with E-state index < -0.39 is 10.0 Å². The lowest BCUT2D eigenvalue weighted by atomic mass is 10.2. The Kier molecular flexibility index (Phi) is 5.39. The van der Waals surface area contributed by atoms with E-state index in [0.717, 1.165) is 17.1 Å². The van der Waals surface area contributed by atoms with Crippen molar-refractivity contribution in [2.45, 2.75) is 26.2 Å². The van der Waals surface area contributed by atoms with E-state index in [1.165, 1.54) is 4.31 Å². The zero-order valence-corrected chi connectivity index (χ0v) is 15.7. The molecule has 1 aliphatic rings. The maximum absolute atomic E-state index is 12.2. The first-order valence-corrected chi connectivity index (χ1v) is 10.7. The highest BCUT2D eigenvalue weighted by Gasteiger charge is 2.25. The first-order chi connectivity index (χ1) is 12.0. The zero-order valence-electron chi connectivity index (χ0n) is 14.1. The Bertz CT molecular complexity index is 844. The molecule has 1 aromatic heterocycles. The van der Waals surface area contributed by atoms with Gasteiger partial charge in [0, 0.05) is 30.5 Å². The molecule has 3 rings (SSSR count). The molecule has 25 heavy (non-hydrogen) atoms. The molecule has 2 heterocycles. The summed E-state index contributed by atoms with van der Waals surface area (Å²) in [4.78, 5) is 16.6. The summed E-state index contributed by atoms with van der Waals surface area (Å²) in [6.45, 7) is 2.97. The average molecular weight is 380 g/mol. The molecule has 8 heteroatoms. The second-order valence-electron chi connectivity index (χ2n) is 6.01. The summed E-state index contributed by atoms with van der Waals surface area (Å²) in [5.74, 6) is 0.0192. The van der Waals surface area contributed by atoms with Crippen LogP contribution in [-0.2, 0) is 16.4 Å². The zero-order chi connectivity index (χ0) is 17.9. The van der Waals surface area contributed by atoms with Crippen LogP contribution in [0.3, 0.4) is 0 Å². The molecule has 0 aliphatic carbocycles. The maximum atomic E-state index is 12.2. The predicted molar refractivity (Wildman–Crippen MR) is 99.7 cm³/mol. The summed E-state index contributed by atoms with van der Waals surface area (Å²) in [6, 6.07) is 6.73. The Hall–Kier alpha value is -1.93. The SMILES string of the molecule is Cc1nc(CCNC(=O)c2ccc(N3CCCCS3(=O)=O)cc2)cs1. The lowest BCUT2D eigenvalue weighted by Gasteiger charge is -2.28. The van der Waals surface area contributed by atoms with Crippen molar-refractivity contribution in [3.63, 3.8) is 0 Å². The number of hydrogen-bond donors (Lipinski definition) is 1. The van der Waals surface area contributed by atoms with Gasteiger partial charge in [-0.3, -0.25) is 9.10 Å². The lowest BCUT2D eigenvalue weighted by Crippen LogP contribution is -2.37. The fourth-order valence-electron chi connectivity index (χ4n) is 2.79. The van der Waals surface area contributed by atoms with Gasteiger partial charge in [-0.2, -0.15) is 0 Å². The molecule has 134 valence electrons. The van der Waals surface area contributed by atoms with Crippen LogP contribution in [0.1, 0.15) is 33.9 Å². The van der Waals surface area contributed by atoms with Crippen molar-refractivity contribution in [2.75, 3.05) is 23.1 Å². The van der Waals surface area contributed by atoms with Crippen LogP contribution in [0, 0.1) is 6.92 Å². The largest absolute Gasteiger partial charge is 0.352 e. The molecule has 2 aromatic rings. The van der Waals surface area contributed by atoms with Crippen LogP contribution >= 0.6 is 11.3 Å². The Labute approximate surface area is 151 Å². The first-order valence-electron chi connectivity index (χ1n) is 8.25. The molecular weight excluding hydrogens is 358 g/mol. The van der Waals surface area contributed by atoms with Gasteiger partial charge in [-0.05, 0) is 44.0 Å². The van der Waals surface area contributed by atoms with E-state index in [0.29, 0.717) is 37.2 Å². The number of carbonyl (C=O) groups is 1. The van der Waals surface area contributed by atoms with E-state index in [1.807, 2.05) is 12.3 Å². The fourth-order valence-corrected chi connectivity index (χ4v) is 5.07. The number of carbonyl (C=O) groups excluding carboxylic acids is 1. The van der Waals surface area contributed by atoms with E-state index >= 15 is 0 Å². The normalized spacial score (nSPS) is 16.6. The smallest absolute Gasteiger partial charge is 0.251 e. The van der Waals surface area contributed by atoms with Crippen LogP contribution in [0.25, 0.3) is 0 Å². The number of benzene rings is 1. The molecule has 0 unspecified atom stereocenters. The third-order valence-electron chi connectivity index (χ3n) is 4.10. The Morgan fingerprint density at radius 2 is 2.04 bits per heavy atom. The van der Waals surface area contributed by atoms with Crippen molar-refractivity contribution in [1.82, 2.24) is 10.3 Å². The number of sulfonamides is 1. The van der Waals surface area contributed by atoms with Crippen molar-refractivity contribution in [3.05, 3.63) is 45.9 Å². The number of nitrogens with zero attached hydrogens (tertiary/aromatic N) is 2. The standard InChI is InChI=1S/C17H21N3O3S2/c1-13-19-15(12-24-13)8-9-18-17(21)14-4-6-16(7-5-14)20-10-2-3-11-25(20,22)23/h4-7,12H,2-3,8-11H2,1H3,(H,18,21). The van der Waals surface area contributed by atoms with Crippen LogP contribution < -0.4 is 9.62 Å². The summed E-state index contributed by atoms with van der Waals surface area (Å²) in [7, 11) is -3.23. The number of rotatable bonds is 5. The second kappa shape index (κ2) is 7.53. The van der Waals surface area contributed by atoms with E-state index in [9.17, 15) is 13.2 Å². The van der Waals surface area contributed by atoms with E-state index in [1.54, 1.807) is 35.6 Å². The van der Waals surface area contributed by atoms with Crippen LogP contribution in [0.4, 0.5) is 5.69 Å². The Balaban J connectivity index is 1.58. The molecule has 1 N–H and O–H groups in total. The van der Waals surface area contributed by atoms with Crippen LogP contribution in [0.2, 0.25) is 0 Å². The lowest BCUT2D eigenvalue weighted by molar-refractivity contribution is 0.0954. The number of thiazole rings is 1. The van der Waals surface area contributed by atoms with Gasteiger partial charge < -0.3 is 5.32 Å². The van der Waals surface area contributed by atoms with Gasteiger partial charge in [0.15, 0.2) is 0 Å². The summed E-state index contributed by atoms with van der Waals surface area (Å²) in [5.41, 5.74) is 2.12. The number of aryl methyl sites for hydroxylation is 1. The van der Waals surface area contributed by atoms with Crippen molar-refractivity contribution in [1.29, 1.82) is 0 Å². The van der Waals surface area contributed by atoms with Crippen molar-refractivity contribution in [2.24, 2.45) is 0 Å². The maximum Gasteiger partial charge on any atom is 0.251 e. The molecular formula is C17H21N3O3S2. The fraction of sp³-hybridized carbons (Fsp3) is 0.412. The van der Waals surface area contributed by atoms with E-state index in [-0.39, 0.29) is 11.7 Å². The van der Waals surface area contributed by atoms with Crippen molar-refractivity contribution < 1.29 is 13.2 Å². The molecule has 1 aliphatic heterocycles. The Morgan fingerprint density at radius 1 is 1.28 bits per heavy atom. The molecule has 0 bridgehead atoms. The summed E-state index contributed by atoms with van der Waals surface area (Å²) in [6.07, 6.45) is 2.26. The third kappa shape index (κ3) is 4.38. The van der Waals surface area contributed by atoms with Gasteiger partial charge in [-0.1, -0.05) is 0 Å². The summed E-state index contributed by atoms with van der Waals surface area (Å²) in [5, 5.41) is 5.88. The second-order valence-corrected chi connectivity index (χ2v) is 9.08. The van der Waals surface area contributed by atoms with Gasteiger partial charge >= 0.3 is 0 Å². The average Bonchev–Trinajstić information content (AvgIpc) is 3.00. The van der Waals surface area contributed by atoms with Crippen molar-refractivity contribution >= 4 is 33.0 Å². The first kappa shape index (κ1) is 17.9. The molecule has 1 aromatic carbocycles. The van der Waals surface area contributed by atoms with Crippen LogP contribution in [0.5, 0.6) is 0 Å². The minimum absolute atomic E-state index is 0.167. The van der Waals surface area contributed by atoms with Gasteiger partial charge in [-0.15, -0.1) is 11.3 Å². The van der Waals surface area contributed by atoms with E-state index in [4.69, 9.17) is 0 Å². The highest BCUT2D eigenvalue weighted by molar-refractivity contribution is 7.92. The number of hydrogen-bond acceptors (Lipinski definition) is 5. The highest BCUT2D eigenvalue weighted by atomic mass is 32.2. The summed E-state index contributed by atoms with van der Waals surface area (Å²) >= 11 is 1.60. The molecule has 6 nitrogen and oxygen atoms in total. The quantitative estimate of drug-likeness (QED) is 0.865. The molecule has 1 amide bonds. The number of amides is 1. The molecule has 1 fully saturated rings. The highest BCUT2D eigenvalue weighted by Crippen LogP contribution is 2.23. The topological polar surface area (TPSA) is 79.4 Å². The van der Waals surface area contributed by atoms with E-state index in [2.05, 4.69) is 10.3 Å². The summed E-state index contributed by atoms with van der Waals surface area (Å²) < 4.78 is 25.7. The number of aromatic nitrogens is 1. The number of nitrogens with one attached hydrogen (secondary N) is 1. The van der Waals surface area contributed by atoms with Gasteiger partial charge in [0.25, 0.3) is 5.91 Å². The van der Waals surface area contributed by atoms with Gasteiger partial charge in [0.05, 0.1) is 22.1 Å². The predicted octanol–water partition coefficient (Wildman–Crippen LogP) is 2.35. The minimum atomic E-state index is -3.23. The monoisotopic (exact) mass is 379 g/mol. The van der Waals surface area contributed by atoms with Gasteiger partial charge in [-0.25, -0.2) is 13.4 Å². The molecule has 0 spiro atoms. The van der Waals surface area contributed by atoms with Gasteiger partial charge in [0.2, 0.25) is 10.0 Å². The van der Waals surface area contributed by atoms with Crippen LogP contribution in [0.15, 0.2) is 29.6 Å². The Morgan fingerprint density at radius 3 is 2.68 bits per heavy atom. The molecule has 0 radical (unpaired) electrons. The molecule has 1 saturated heterocycles. The molecule has 0 saturated carbocycles. The van der Waals surface area contributed by atoms with Crippen molar-refractivity contribution in [3.8, 4) is 0 Å². The van der Waals surface area contributed by atoms with Gasteiger partial charge in [0.1, 0.15) is 0 Å². The third-order valence-corrected chi connectivity index (χ3v) is 6.79. The van der Waals surface area contributed by atoms with Crippen LogP contribution in [-0.4, -0.2) is 38.2 Å². The number of anilines is 1.